The third-order valence-electron chi connectivity index (χ3n) is 1.99. The molecule has 0 spiro atoms. The maximum absolute atomic E-state index is 11.7. The molecule has 0 radical (unpaired) electrons. The predicted octanol–water partition coefficient (Wildman–Crippen LogP) is 2.63. The molecule has 0 saturated heterocycles. The van der Waals surface area contributed by atoms with Gasteiger partial charge in [-0.05, 0) is 30.7 Å². The van der Waals surface area contributed by atoms with Crippen LogP contribution in [0.25, 0.3) is 0 Å². The fourth-order valence-corrected chi connectivity index (χ4v) is 1.26. The Kier molecular flexibility index (Phi) is 3.84. The fourth-order valence-electron chi connectivity index (χ4n) is 0.907. The van der Waals surface area contributed by atoms with Crippen LogP contribution in [0.2, 0.25) is 5.22 Å². The summed E-state index contributed by atoms with van der Waals surface area (Å²) in [5.41, 5.74) is 0. The molecule has 1 amide bonds. The van der Waals surface area contributed by atoms with Crippen molar-refractivity contribution in [1.82, 2.24) is 4.90 Å². The average Bonchev–Trinajstić information content (AvgIpc) is 2.61. The van der Waals surface area contributed by atoms with Gasteiger partial charge in [0.25, 0.3) is 5.91 Å². The summed E-state index contributed by atoms with van der Waals surface area (Å²) in [6, 6.07) is 3.05. The number of carbonyl (C=O) groups is 1. The number of furan rings is 1. The normalized spacial score (nSPS) is 12.6. The largest absolute Gasteiger partial charge is 0.440 e. The number of hydrogen-bond donors (Lipinski definition) is 0. The van der Waals surface area contributed by atoms with Crippen LogP contribution in [-0.2, 0) is 0 Å². The molecule has 0 saturated carbocycles. The van der Waals surface area contributed by atoms with Crippen molar-refractivity contribution in [2.75, 3.05) is 12.9 Å². The van der Waals surface area contributed by atoms with Crippen molar-refractivity contribution >= 4 is 29.1 Å². The Balaban J connectivity index is 2.75. The van der Waals surface area contributed by atoms with E-state index in [-0.39, 0.29) is 22.9 Å². The highest BCUT2D eigenvalue weighted by molar-refractivity contribution is 6.29. The van der Waals surface area contributed by atoms with E-state index in [0.717, 1.165) is 0 Å². The summed E-state index contributed by atoms with van der Waals surface area (Å²) in [5, 5.41) is 0.209. The highest BCUT2D eigenvalue weighted by Gasteiger charge is 2.19. The zero-order valence-electron chi connectivity index (χ0n) is 7.96. The first-order valence-electron chi connectivity index (χ1n) is 4.14. The third kappa shape index (κ3) is 2.42. The number of carbonyl (C=O) groups excluding carboxylic acids is 1. The lowest BCUT2D eigenvalue weighted by molar-refractivity contribution is 0.0725. The SMILES string of the molecule is CC(CCl)N(C)C(=O)c1ccc(Cl)o1. The van der Waals surface area contributed by atoms with Crippen LogP contribution in [0.3, 0.4) is 0 Å². The van der Waals surface area contributed by atoms with Crippen LogP contribution in [-0.4, -0.2) is 29.8 Å². The second-order valence-corrected chi connectivity index (χ2v) is 3.70. The monoisotopic (exact) mass is 235 g/mol. The van der Waals surface area contributed by atoms with E-state index in [1.54, 1.807) is 13.1 Å². The number of halogens is 2. The van der Waals surface area contributed by atoms with Gasteiger partial charge in [-0.2, -0.15) is 0 Å². The lowest BCUT2D eigenvalue weighted by Crippen LogP contribution is -2.35. The van der Waals surface area contributed by atoms with Gasteiger partial charge in [0, 0.05) is 19.0 Å². The molecule has 0 aliphatic rings. The molecule has 0 aliphatic heterocycles. The summed E-state index contributed by atoms with van der Waals surface area (Å²) < 4.78 is 4.99. The molecule has 1 heterocycles. The Morgan fingerprint density at radius 1 is 1.64 bits per heavy atom. The van der Waals surface area contributed by atoms with E-state index in [1.807, 2.05) is 6.92 Å². The van der Waals surface area contributed by atoms with Gasteiger partial charge in [-0.3, -0.25) is 4.79 Å². The predicted molar refractivity (Wildman–Crippen MR) is 56.0 cm³/mol. The molecule has 0 bridgehead atoms. The van der Waals surface area contributed by atoms with E-state index >= 15 is 0 Å². The van der Waals surface area contributed by atoms with Gasteiger partial charge in [-0.1, -0.05) is 0 Å². The zero-order chi connectivity index (χ0) is 10.7. The van der Waals surface area contributed by atoms with Crippen molar-refractivity contribution < 1.29 is 9.21 Å². The smallest absolute Gasteiger partial charge is 0.289 e. The van der Waals surface area contributed by atoms with E-state index < -0.39 is 0 Å². The summed E-state index contributed by atoms with van der Waals surface area (Å²) in [5.74, 6) is 0.399. The van der Waals surface area contributed by atoms with Crippen LogP contribution in [0.4, 0.5) is 0 Å². The van der Waals surface area contributed by atoms with Crippen LogP contribution in [0.5, 0.6) is 0 Å². The molecule has 1 rings (SSSR count). The van der Waals surface area contributed by atoms with E-state index in [2.05, 4.69) is 0 Å². The Morgan fingerprint density at radius 2 is 2.29 bits per heavy atom. The number of nitrogens with zero attached hydrogens (tertiary/aromatic N) is 1. The maximum atomic E-state index is 11.7. The van der Waals surface area contributed by atoms with Gasteiger partial charge in [-0.15, -0.1) is 11.6 Å². The van der Waals surface area contributed by atoms with Crippen LogP contribution < -0.4 is 0 Å². The van der Waals surface area contributed by atoms with Crippen molar-refractivity contribution in [3.05, 3.63) is 23.1 Å². The molecular weight excluding hydrogens is 225 g/mol. The van der Waals surface area contributed by atoms with Crippen molar-refractivity contribution in [3.63, 3.8) is 0 Å². The van der Waals surface area contributed by atoms with Crippen molar-refractivity contribution in [2.24, 2.45) is 0 Å². The van der Waals surface area contributed by atoms with Crippen LogP contribution >= 0.6 is 23.2 Å². The Labute approximate surface area is 92.6 Å². The number of rotatable bonds is 3. The van der Waals surface area contributed by atoms with Crippen molar-refractivity contribution in [2.45, 2.75) is 13.0 Å². The molecule has 14 heavy (non-hydrogen) atoms. The number of hydrogen-bond acceptors (Lipinski definition) is 2. The first-order valence-corrected chi connectivity index (χ1v) is 5.06. The highest BCUT2D eigenvalue weighted by Crippen LogP contribution is 2.15. The molecule has 1 unspecified atom stereocenters. The standard InChI is InChI=1S/C9H11Cl2NO2/c1-6(5-10)12(2)9(13)7-3-4-8(11)14-7/h3-4,6H,5H2,1-2H3. The van der Waals surface area contributed by atoms with Crippen molar-refractivity contribution in [3.8, 4) is 0 Å². The minimum Gasteiger partial charge on any atom is -0.440 e. The molecule has 0 aromatic carbocycles. The molecule has 5 heteroatoms. The zero-order valence-corrected chi connectivity index (χ0v) is 9.47. The van der Waals surface area contributed by atoms with Gasteiger partial charge >= 0.3 is 0 Å². The minimum absolute atomic E-state index is 0.0342. The average molecular weight is 236 g/mol. The summed E-state index contributed by atoms with van der Waals surface area (Å²) in [6.45, 7) is 1.86. The Bertz CT molecular complexity index is 324. The lowest BCUT2D eigenvalue weighted by Gasteiger charge is -2.21. The van der Waals surface area contributed by atoms with Gasteiger partial charge in [0.15, 0.2) is 11.0 Å². The molecule has 0 aliphatic carbocycles. The lowest BCUT2D eigenvalue weighted by atomic mass is 10.3. The Morgan fingerprint density at radius 3 is 2.71 bits per heavy atom. The topological polar surface area (TPSA) is 33.5 Å². The molecular formula is C9H11Cl2NO2. The van der Waals surface area contributed by atoms with E-state index in [9.17, 15) is 4.79 Å². The van der Waals surface area contributed by atoms with Crippen LogP contribution in [0.1, 0.15) is 17.5 Å². The van der Waals surface area contributed by atoms with Gasteiger partial charge in [0.05, 0.1) is 0 Å². The van der Waals surface area contributed by atoms with E-state index in [4.69, 9.17) is 27.6 Å². The summed E-state index contributed by atoms with van der Waals surface area (Å²) >= 11 is 11.2. The molecule has 1 aromatic rings. The van der Waals surface area contributed by atoms with E-state index in [1.165, 1.54) is 11.0 Å². The Hall–Kier alpha value is -0.670. The molecule has 3 nitrogen and oxygen atoms in total. The molecule has 0 fully saturated rings. The molecule has 1 aromatic heterocycles. The fraction of sp³-hybridized carbons (Fsp3) is 0.444. The maximum Gasteiger partial charge on any atom is 0.289 e. The van der Waals surface area contributed by atoms with Gasteiger partial charge < -0.3 is 9.32 Å². The second kappa shape index (κ2) is 4.71. The molecule has 1 atom stereocenters. The molecule has 78 valence electrons. The minimum atomic E-state index is -0.218. The summed E-state index contributed by atoms with van der Waals surface area (Å²) in [4.78, 5) is 13.2. The third-order valence-corrected chi connectivity index (χ3v) is 2.64. The first-order chi connectivity index (χ1) is 6.56. The van der Waals surface area contributed by atoms with Gasteiger partial charge in [0.1, 0.15) is 0 Å². The number of amides is 1. The number of alkyl halides is 1. The summed E-state index contributed by atoms with van der Waals surface area (Å²) in [7, 11) is 1.67. The summed E-state index contributed by atoms with van der Waals surface area (Å²) in [6.07, 6.45) is 0. The van der Waals surface area contributed by atoms with Gasteiger partial charge in [0.2, 0.25) is 0 Å². The van der Waals surface area contributed by atoms with Gasteiger partial charge in [-0.25, -0.2) is 0 Å². The van der Waals surface area contributed by atoms with Crippen molar-refractivity contribution in [1.29, 1.82) is 0 Å². The quantitative estimate of drug-likeness (QED) is 0.756. The van der Waals surface area contributed by atoms with E-state index in [0.29, 0.717) is 5.88 Å². The highest BCUT2D eigenvalue weighted by atomic mass is 35.5. The molecule has 0 N–H and O–H groups in total. The second-order valence-electron chi connectivity index (χ2n) is 3.02. The first kappa shape index (κ1) is 11.4. The van der Waals surface area contributed by atoms with Crippen LogP contribution in [0.15, 0.2) is 16.5 Å². The van der Waals surface area contributed by atoms with Crippen LogP contribution in [0, 0.1) is 0 Å².